The van der Waals surface area contributed by atoms with Crippen molar-refractivity contribution in [2.75, 3.05) is 20.3 Å². The SMILES string of the molecule is CCC1O[C@@H](OC2C[C@H]3OC(c4ccccc4)OCC3O[C@H]2Oc2ccc(OC)cc2)C(NC(=O)OCC(Cl)(Cl)Cl)[C@@H](C)[C@@H]1C. The Labute approximate surface area is 278 Å². The molecule has 3 saturated heterocycles. The van der Waals surface area contributed by atoms with Gasteiger partial charge < -0.3 is 43.2 Å². The topological polar surface area (TPSA) is 103 Å². The van der Waals surface area contributed by atoms with E-state index in [4.69, 9.17) is 72.7 Å². The van der Waals surface area contributed by atoms with Gasteiger partial charge in [-0.25, -0.2) is 4.79 Å². The average Bonchev–Trinajstić information content (AvgIpc) is 3.04. The standard InChI is InChI=1S/C32H40Cl3NO9/c1-5-23-18(2)19(3)27(36-31(37)40-17-32(33,34)35)30(42-23)44-25-15-24-26(16-39-28(43-24)20-9-7-6-8-10-20)45-29(25)41-22-13-11-21(38-4)12-14-22/h6-14,18-19,23-30H,5,15-17H2,1-4H3,(H,36,37)/t18-,19-,23?,24+,25?,26?,27?,28?,29+,30-/m0/s1. The third-order valence-corrected chi connectivity index (χ3v) is 8.86. The largest absolute Gasteiger partial charge is 0.497 e. The molecule has 10 nitrogen and oxygen atoms in total. The minimum absolute atomic E-state index is 0.0472. The van der Waals surface area contributed by atoms with E-state index in [0.717, 1.165) is 12.0 Å². The van der Waals surface area contributed by atoms with Crippen LogP contribution in [-0.2, 0) is 28.4 Å². The van der Waals surface area contributed by atoms with Crippen molar-refractivity contribution in [2.45, 2.75) is 86.7 Å². The number of benzene rings is 2. The molecule has 10 atom stereocenters. The number of nitrogens with one attached hydrogen (secondary N) is 1. The van der Waals surface area contributed by atoms with Gasteiger partial charge >= 0.3 is 6.09 Å². The molecule has 0 spiro atoms. The van der Waals surface area contributed by atoms with Crippen molar-refractivity contribution in [3.05, 3.63) is 60.2 Å². The molecule has 1 N–H and O–H groups in total. The second kappa shape index (κ2) is 15.3. The molecule has 3 fully saturated rings. The lowest BCUT2D eigenvalue weighted by Crippen LogP contribution is -2.61. The summed E-state index contributed by atoms with van der Waals surface area (Å²) in [5.41, 5.74) is 0.909. The summed E-state index contributed by atoms with van der Waals surface area (Å²) in [6.07, 6.45) is -3.33. The molecule has 0 radical (unpaired) electrons. The molecular formula is C32H40Cl3NO9. The van der Waals surface area contributed by atoms with Crippen LogP contribution in [0, 0.1) is 11.8 Å². The van der Waals surface area contributed by atoms with Crippen molar-refractivity contribution in [2.24, 2.45) is 11.8 Å². The number of methoxy groups -OCH3 is 1. The normalized spacial score (nSPS) is 33.5. The fourth-order valence-corrected chi connectivity index (χ4v) is 6.05. The maximum absolute atomic E-state index is 12.8. The molecule has 2 aromatic rings. The van der Waals surface area contributed by atoms with Gasteiger partial charge in [0, 0.05) is 12.0 Å². The lowest BCUT2D eigenvalue weighted by atomic mass is 9.81. The predicted molar refractivity (Wildman–Crippen MR) is 168 cm³/mol. The summed E-state index contributed by atoms with van der Waals surface area (Å²) in [5, 5.41) is 2.88. The molecule has 3 heterocycles. The van der Waals surface area contributed by atoms with Crippen LogP contribution in [0.15, 0.2) is 54.6 Å². The first-order valence-corrected chi connectivity index (χ1v) is 16.3. The summed E-state index contributed by atoms with van der Waals surface area (Å²) < 4.78 is 47.1. The van der Waals surface area contributed by atoms with Crippen LogP contribution in [0.3, 0.4) is 0 Å². The van der Waals surface area contributed by atoms with Crippen molar-refractivity contribution >= 4 is 40.9 Å². The van der Waals surface area contributed by atoms with Crippen molar-refractivity contribution in [1.82, 2.24) is 5.32 Å². The van der Waals surface area contributed by atoms with Gasteiger partial charge in [0.05, 0.1) is 32.0 Å². The zero-order valence-electron chi connectivity index (χ0n) is 25.6. The Balaban J connectivity index is 1.37. The third-order valence-electron chi connectivity index (χ3n) is 8.53. The smallest absolute Gasteiger partial charge is 0.407 e. The molecule has 1 amide bonds. The van der Waals surface area contributed by atoms with Crippen molar-refractivity contribution in [3.63, 3.8) is 0 Å². The van der Waals surface area contributed by atoms with Crippen LogP contribution in [-0.4, -0.2) is 73.2 Å². The Bertz CT molecular complexity index is 1230. The summed E-state index contributed by atoms with van der Waals surface area (Å²) in [7, 11) is 1.60. The molecule has 2 aromatic carbocycles. The first kappa shape index (κ1) is 34.3. The summed E-state index contributed by atoms with van der Waals surface area (Å²) in [5.74, 6) is 1.32. The fourth-order valence-electron chi connectivity index (χ4n) is 5.88. The highest BCUT2D eigenvalue weighted by Crippen LogP contribution is 2.39. The van der Waals surface area contributed by atoms with E-state index in [0.29, 0.717) is 24.5 Å². The monoisotopic (exact) mass is 687 g/mol. The van der Waals surface area contributed by atoms with E-state index in [1.807, 2.05) is 37.3 Å². The number of rotatable bonds is 9. The number of hydrogen-bond acceptors (Lipinski definition) is 9. The number of carbonyl (C=O) groups excluding carboxylic acids is 1. The number of alkyl carbamates (subject to hydrolysis) is 1. The first-order chi connectivity index (χ1) is 21.5. The van der Waals surface area contributed by atoms with E-state index in [9.17, 15) is 4.79 Å². The van der Waals surface area contributed by atoms with Crippen LogP contribution in [0.4, 0.5) is 4.79 Å². The Kier molecular flexibility index (Phi) is 11.6. The lowest BCUT2D eigenvalue weighted by molar-refractivity contribution is -0.349. The molecule has 0 bridgehead atoms. The van der Waals surface area contributed by atoms with Crippen LogP contribution in [0.5, 0.6) is 11.5 Å². The number of alkyl halides is 3. The van der Waals surface area contributed by atoms with E-state index in [1.54, 1.807) is 31.4 Å². The quantitative estimate of drug-likeness (QED) is 0.294. The number of hydrogen-bond donors (Lipinski definition) is 1. The number of halogens is 3. The summed E-state index contributed by atoms with van der Waals surface area (Å²) in [6.45, 7) is 6.07. The highest BCUT2D eigenvalue weighted by molar-refractivity contribution is 6.67. The highest BCUT2D eigenvalue weighted by Gasteiger charge is 2.49. The van der Waals surface area contributed by atoms with Crippen molar-refractivity contribution < 1.29 is 42.7 Å². The van der Waals surface area contributed by atoms with Gasteiger partial charge in [0.25, 0.3) is 0 Å². The zero-order chi connectivity index (χ0) is 32.1. The molecule has 45 heavy (non-hydrogen) atoms. The fraction of sp³-hybridized carbons (Fsp3) is 0.594. The minimum atomic E-state index is -1.74. The van der Waals surface area contributed by atoms with E-state index in [2.05, 4.69) is 19.2 Å². The Hall–Kier alpha value is -2.02. The van der Waals surface area contributed by atoms with Crippen LogP contribution in [0.1, 0.15) is 45.5 Å². The van der Waals surface area contributed by atoms with E-state index < -0.39 is 53.6 Å². The van der Waals surface area contributed by atoms with Gasteiger partial charge in [0.2, 0.25) is 10.1 Å². The molecule has 248 valence electrons. The number of ether oxygens (including phenoxy) is 8. The molecule has 5 unspecified atom stereocenters. The van der Waals surface area contributed by atoms with Crippen LogP contribution in [0.2, 0.25) is 0 Å². The molecule has 13 heteroatoms. The minimum Gasteiger partial charge on any atom is -0.497 e. The number of amides is 1. The molecule has 3 aliphatic rings. The molecule has 5 rings (SSSR count). The van der Waals surface area contributed by atoms with E-state index >= 15 is 0 Å². The number of carbonyl (C=O) groups is 1. The summed E-state index contributed by atoms with van der Waals surface area (Å²) in [4.78, 5) is 12.8. The predicted octanol–water partition coefficient (Wildman–Crippen LogP) is 6.56. The van der Waals surface area contributed by atoms with Gasteiger partial charge in [-0.3, -0.25) is 0 Å². The van der Waals surface area contributed by atoms with Crippen LogP contribution in [0.25, 0.3) is 0 Å². The maximum atomic E-state index is 12.8. The highest BCUT2D eigenvalue weighted by atomic mass is 35.6. The van der Waals surface area contributed by atoms with Gasteiger partial charge in [-0.2, -0.15) is 0 Å². The molecule has 3 aliphatic heterocycles. The third kappa shape index (κ3) is 8.87. The maximum Gasteiger partial charge on any atom is 0.407 e. The number of fused-ring (bicyclic) bond motifs is 1. The second-order valence-corrected chi connectivity index (χ2v) is 14.0. The molecule has 0 aliphatic carbocycles. The van der Waals surface area contributed by atoms with Crippen LogP contribution < -0.4 is 14.8 Å². The van der Waals surface area contributed by atoms with Crippen molar-refractivity contribution in [3.8, 4) is 11.5 Å². The van der Waals surface area contributed by atoms with Gasteiger partial charge in [0.15, 0.2) is 12.6 Å². The summed E-state index contributed by atoms with van der Waals surface area (Å²) >= 11 is 17.4. The zero-order valence-corrected chi connectivity index (χ0v) is 27.9. The second-order valence-electron chi connectivity index (χ2n) is 11.5. The molecule has 0 aromatic heterocycles. The van der Waals surface area contributed by atoms with Crippen molar-refractivity contribution in [1.29, 1.82) is 0 Å². The Morgan fingerprint density at radius 3 is 2.31 bits per heavy atom. The average molecular weight is 689 g/mol. The van der Waals surface area contributed by atoms with Gasteiger partial charge in [0.1, 0.15) is 30.3 Å². The van der Waals surface area contributed by atoms with Gasteiger partial charge in [-0.15, -0.1) is 0 Å². The lowest BCUT2D eigenvalue weighted by Gasteiger charge is -2.48. The van der Waals surface area contributed by atoms with Gasteiger partial charge in [-0.1, -0.05) is 85.9 Å². The Morgan fingerprint density at radius 1 is 0.933 bits per heavy atom. The van der Waals surface area contributed by atoms with Gasteiger partial charge in [-0.05, 0) is 42.5 Å². The van der Waals surface area contributed by atoms with E-state index in [-0.39, 0.29) is 24.0 Å². The first-order valence-electron chi connectivity index (χ1n) is 15.1. The summed E-state index contributed by atoms with van der Waals surface area (Å²) in [6, 6.07) is 16.3. The molecule has 0 saturated carbocycles. The molecular weight excluding hydrogens is 649 g/mol. The Morgan fingerprint density at radius 2 is 1.64 bits per heavy atom. The van der Waals surface area contributed by atoms with Crippen LogP contribution >= 0.6 is 34.8 Å². The van der Waals surface area contributed by atoms with E-state index in [1.165, 1.54) is 0 Å².